The Morgan fingerprint density at radius 3 is 2.18 bits per heavy atom. The van der Waals surface area contributed by atoms with Gasteiger partial charge in [0.1, 0.15) is 6.61 Å². The highest BCUT2D eigenvalue weighted by Crippen LogP contribution is 2.44. The Hall–Kier alpha value is -2.58. The molecule has 3 aromatic rings. The summed E-state index contributed by atoms with van der Waals surface area (Å²) in [6.07, 6.45) is -0.216. The van der Waals surface area contributed by atoms with Gasteiger partial charge in [-0.2, -0.15) is 0 Å². The van der Waals surface area contributed by atoms with Gasteiger partial charge < -0.3 is 15.4 Å². The summed E-state index contributed by atoms with van der Waals surface area (Å²) in [5, 5.41) is 0. The van der Waals surface area contributed by atoms with Crippen LogP contribution in [0.1, 0.15) is 33.7 Å². The molecule has 1 fully saturated rings. The van der Waals surface area contributed by atoms with Crippen molar-refractivity contribution in [3.63, 3.8) is 0 Å². The average molecular weight is 567 g/mol. The van der Waals surface area contributed by atoms with Gasteiger partial charge in [0.05, 0.1) is 0 Å². The molecule has 1 aliphatic heterocycles. The first-order chi connectivity index (χ1) is 16.4. The maximum atomic E-state index is 12.9. The minimum Gasteiger partial charge on any atom is -0.448 e. The van der Waals surface area contributed by atoms with Crippen molar-refractivity contribution in [3.05, 3.63) is 86.0 Å². The van der Waals surface area contributed by atoms with Gasteiger partial charge in [-0.15, -0.1) is 0 Å². The fourth-order valence-corrected chi connectivity index (χ4v) is 5.79. The smallest absolute Gasteiger partial charge is 0.409 e. The lowest BCUT2D eigenvalue weighted by Crippen LogP contribution is -2.48. The van der Waals surface area contributed by atoms with Crippen LogP contribution >= 0.6 is 22.6 Å². The first-order valence-corrected chi connectivity index (χ1v) is 12.9. The summed E-state index contributed by atoms with van der Waals surface area (Å²) < 4.78 is 7.09. The van der Waals surface area contributed by atoms with E-state index in [0.717, 1.165) is 30.9 Å². The third kappa shape index (κ3) is 4.29. The Kier molecular flexibility index (Phi) is 6.53. The Morgan fingerprint density at radius 2 is 1.56 bits per heavy atom. The number of ether oxygens (including phenoxy) is 1. The van der Waals surface area contributed by atoms with Gasteiger partial charge in [-0.3, -0.25) is 4.90 Å². The van der Waals surface area contributed by atoms with Crippen molar-refractivity contribution >= 4 is 34.4 Å². The van der Waals surface area contributed by atoms with E-state index in [1.807, 2.05) is 4.90 Å². The van der Waals surface area contributed by atoms with Crippen LogP contribution in [0.2, 0.25) is 0 Å². The zero-order valence-electron chi connectivity index (χ0n) is 19.7. The van der Waals surface area contributed by atoms with E-state index in [9.17, 15) is 4.79 Å². The van der Waals surface area contributed by atoms with E-state index in [1.165, 1.54) is 37.0 Å². The first-order valence-electron chi connectivity index (χ1n) is 11.8. The van der Waals surface area contributed by atoms with Crippen LogP contribution in [0.4, 0.5) is 10.5 Å². The summed E-state index contributed by atoms with van der Waals surface area (Å²) in [5.41, 5.74) is 15.7. The molecule has 34 heavy (non-hydrogen) atoms. The zero-order chi connectivity index (χ0) is 23.8. The van der Waals surface area contributed by atoms with Gasteiger partial charge in [-0.25, -0.2) is 4.79 Å². The third-order valence-electron chi connectivity index (χ3n) is 7.26. The lowest BCUT2D eigenvalue weighted by molar-refractivity contribution is 0.0728. The molecule has 1 aliphatic carbocycles. The van der Waals surface area contributed by atoms with Crippen molar-refractivity contribution in [3.8, 4) is 11.1 Å². The number of halogens is 1. The van der Waals surface area contributed by atoms with Gasteiger partial charge in [0.2, 0.25) is 0 Å². The molecule has 176 valence electrons. The Bertz CT molecular complexity index is 1190. The normalized spacial score (nSPS) is 15.8. The molecule has 5 rings (SSSR count). The van der Waals surface area contributed by atoms with Crippen LogP contribution < -0.4 is 5.73 Å². The van der Waals surface area contributed by atoms with Gasteiger partial charge in [0.25, 0.3) is 0 Å². The quantitative estimate of drug-likeness (QED) is 0.332. The molecular formula is C28H30IN3O2. The molecular weight excluding hydrogens is 537 g/mol. The van der Waals surface area contributed by atoms with Crippen molar-refractivity contribution in [1.82, 2.24) is 9.80 Å². The second-order valence-corrected chi connectivity index (χ2v) is 10.3. The van der Waals surface area contributed by atoms with Gasteiger partial charge in [0.15, 0.2) is 0 Å². The van der Waals surface area contributed by atoms with Crippen LogP contribution in [0, 0.1) is 17.4 Å². The molecule has 0 unspecified atom stereocenters. The van der Waals surface area contributed by atoms with Crippen molar-refractivity contribution in [2.24, 2.45) is 0 Å². The molecule has 0 aromatic heterocycles. The number of nitrogens with two attached hydrogens (primary N) is 1. The van der Waals surface area contributed by atoms with E-state index in [4.69, 9.17) is 10.5 Å². The molecule has 3 aromatic carbocycles. The fraction of sp³-hybridized carbons (Fsp3) is 0.321. The molecule has 1 amide bonds. The summed E-state index contributed by atoms with van der Waals surface area (Å²) in [7, 11) is 0. The van der Waals surface area contributed by atoms with Crippen LogP contribution in [0.25, 0.3) is 11.1 Å². The largest absolute Gasteiger partial charge is 0.448 e. The Morgan fingerprint density at radius 1 is 0.971 bits per heavy atom. The van der Waals surface area contributed by atoms with Crippen molar-refractivity contribution in [2.75, 3.05) is 38.5 Å². The van der Waals surface area contributed by atoms with Crippen LogP contribution in [0.5, 0.6) is 0 Å². The average Bonchev–Trinajstić information content (AvgIpc) is 3.18. The van der Waals surface area contributed by atoms with Crippen LogP contribution in [-0.4, -0.2) is 48.7 Å². The van der Waals surface area contributed by atoms with E-state index < -0.39 is 0 Å². The van der Waals surface area contributed by atoms with E-state index in [1.54, 1.807) is 0 Å². The van der Waals surface area contributed by atoms with Gasteiger partial charge >= 0.3 is 6.09 Å². The molecule has 2 N–H and O–H groups in total. The molecule has 1 heterocycles. The van der Waals surface area contributed by atoms with E-state index in [-0.39, 0.29) is 12.0 Å². The second kappa shape index (κ2) is 9.58. The topological polar surface area (TPSA) is 58.8 Å². The van der Waals surface area contributed by atoms with Crippen LogP contribution in [0.15, 0.2) is 54.6 Å². The second-order valence-electron chi connectivity index (χ2n) is 9.26. The highest BCUT2D eigenvalue weighted by molar-refractivity contribution is 14.1. The van der Waals surface area contributed by atoms with Crippen molar-refractivity contribution in [1.29, 1.82) is 0 Å². The maximum absolute atomic E-state index is 12.9. The molecule has 0 radical (unpaired) electrons. The first kappa shape index (κ1) is 23.2. The van der Waals surface area contributed by atoms with Gasteiger partial charge in [-0.1, -0.05) is 48.5 Å². The summed E-state index contributed by atoms with van der Waals surface area (Å²) >= 11 is 2.38. The Labute approximate surface area is 215 Å². The minimum absolute atomic E-state index is 0.0927. The molecule has 0 atom stereocenters. The third-order valence-corrected chi connectivity index (χ3v) is 8.88. The number of anilines is 1. The van der Waals surface area contributed by atoms with E-state index in [2.05, 4.69) is 95.9 Å². The number of hydrogen-bond donors (Lipinski definition) is 1. The molecule has 6 heteroatoms. The SMILES string of the molecule is Cc1c(N)cc(CN2CCN(C(=O)OCC3c4ccccc4-c4ccccc43)CC2)c(C)c1I. The summed E-state index contributed by atoms with van der Waals surface area (Å²) in [6, 6.07) is 18.9. The van der Waals surface area contributed by atoms with Gasteiger partial charge in [-0.05, 0) is 81.4 Å². The number of nitrogen functional groups attached to an aromatic ring is 1. The van der Waals surface area contributed by atoms with Crippen molar-refractivity contribution in [2.45, 2.75) is 26.3 Å². The van der Waals surface area contributed by atoms with Crippen LogP contribution in [-0.2, 0) is 11.3 Å². The van der Waals surface area contributed by atoms with Gasteiger partial charge in [0, 0.05) is 47.9 Å². The number of hydrogen-bond acceptors (Lipinski definition) is 4. The van der Waals surface area contributed by atoms with Crippen molar-refractivity contribution < 1.29 is 9.53 Å². The number of fused-ring (bicyclic) bond motifs is 3. The molecule has 0 saturated carbocycles. The molecule has 5 nitrogen and oxygen atoms in total. The highest BCUT2D eigenvalue weighted by atomic mass is 127. The number of carbonyl (C=O) groups excluding carboxylic acids is 1. The van der Waals surface area contributed by atoms with Crippen LogP contribution in [0.3, 0.4) is 0 Å². The number of benzene rings is 3. The predicted octanol–water partition coefficient (Wildman–Crippen LogP) is 5.56. The van der Waals surface area contributed by atoms with E-state index >= 15 is 0 Å². The number of rotatable bonds is 4. The summed E-state index contributed by atoms with van der Waals surface area (Å²) in [4.78, 5) is 17.1. The number of carbonyl (C=O) groups is 1. The molecule has 0 spiro atoms. The number of nitrogens with zero attached hydrogens (tertiary/aromatic N) is 2. The summed E-state index contributed by atoms with van der Waals surface area (Å²) in [5.74, 6) is 0.0927. The molecule has 2 aliphatic rings. The lowest BCUT2D eigenvalue weighted by Gasteiger charge is -2.34. The zero-order valence-corrected chi connectivity index (χ0v) is 21.8. The summed E-state index contributed by atoms with van der Waals surface area (Å²) in [6.45, 7) is 8.46. The fourth-order valence-electron chi connectivity index (χ4n) is 5.13. The molecule has 0 bridgehead atoms. The number of piperazine rings is 1. The monoisotopic (exact) mass is 567 g/mol. The lowest BCUT2D eigenvalue weighted by atomic mass is 9.98. The van der Waals surface area contributed by atoms with E-state index in [0.29, 0.717) is 19.7 Å². The highest BCUT2D eigenvalue weighted by Gasteiger charge is 2.30. The minimum atomic E-state index is -0.216. The predicted molar refractivity (Wildman–Crippen MR) is 145 cm³/mol. The molecule has 1 saturated heterocycles. The maximum Gasteiger partial charge on any atom is 0.409 e. The number of amides is 1. The Balaban J connectivity index is 1.18. The standard InChI is InChI=1S/C28H30IN3O2/c1-18-20(15-26(30)19(2)27(18)29)16-31-11-13-32(14-12-31)28(33)34-17-25-23-9-5-3-7-21(23)22-8-4-6-10-24(22)25/h3-10,15,25H,11-14,16-17,30H2,1-2H3.